The standard InChI is InChI=1S/C18H23N5O/c1-13(2)16(11-22-8-6-19-12-22)21-17(24)9-15-10-20-18-14(3)5-4-7-23(15)18/h4-8,10,12-13,16H,9,11H2,1-3H3,(H,21,24)/t16-/m0/s1. The predicted octanol–water partition coefficient (Wildman–Crippen LogP) is 2.22. The van der Waals surface area contributed by atoms with Gasteiger partial charge < -0.3 is 14.3 Å². The van der Waals surface area contributed by atoms with Crippen LogP contribution in [0.1, 0.15) is 25.1 Å². The minimum atomic E-state index is 0.0112. The second-order valence-electron chi connectivity index (χ2n) is 6.49. The van der Waals surface area contributed by atoms with E-state index in [-0.39, 0.29) is 11.9 Å². The zero-order valence-electron chi connectivity index (χ0n) is 14.3. The van der Waals surface area contributed by atoms with E-state index in [0.29, 0.717) is 12.3 Å². The molecule has 0 saturated carbocycles. The Balaban J connectivity index is 1.70. The monoisotopic (exact) mass is 325 g/mol. The van der Waals surface area contributed by atoms with Crippen LogP contribution in [-0.4, -0.2) is 30.9 Å². The average Bonchev–Trinajstić information content (AvgIpc) is 3.18. The maximum Gasteiger partial charge on any atom is 0.226 e. The molecule has 3 heterocycles. The molecule has 1 amide bonds. The van der Waals surface area contributed by atoms with Gasteiger partial charge in [0.1, 0.15) is 5.65 Å². The van der Waals surface area contributed by atoms with E-state index in [1.165, 1.54) is 0 Å². The van der Waals surface area contributed by atoms with Crippen molar-refractivity contribution >= 4 is 11.6 Å². The number of fused-ring (bicyclic) bond motifs is 1. The molecule has 0 saturated heterocycles. The second kappa shape index (κ2) is 6.86. The molecule has 1 atom stereocenters. The van der Waals surface area contributed by atoms with Gasteiger partial charge in [-0.25, -0.2) is 9.97 Å². The van der Waals surface area contributed by atoms with Crippen molar-refractivity contribution in [2.24, 2.45) is 5.92 Å². The third kappa shape index (κ3) is 3.48. The summed E-state index contributed by atoms with van der Waals surface area (Å²) < 4.78 is 3.97. The number of nitrogens with zero attached hydrogens (tertiary/aromatic N) is 4. The molecule has 126 valence electrons. The fourth-order valence-corrected chi connectivity index (χ4v) is 2.80. The van der Waals surface area contributed by atoms with E-state index < -0.39 is 0 Å². The van der Waals surface area contributed by atoms with Gasteiger partial charge in [-0.3, -0.25) is 4.79 Å². The topological polar surface area (TPSA) is 64.2 Å². The van der Waals surface area contributed by atoms with Crippen molar-refractivity contribution in [1.82, 2.24) is 24.3 Å². The average molecular weight is 325 g/mol. The Labute approximate surface area is 141 Å². The number of amides is 1. The van der Waals surface area contributed by atoms with E-state index in [2.05, 4.69) is 29.1 Å². The molecular weight excluding hydrogens is 302 g/mol. The summed E-state index contributed by atoms with van der Waals surface area (Å²) in [6.07, 6.45) is 9.48. The molecule has 0 aliphatic heterocycles. The van der Waals surface area contributed by atoms with Crippen molar-refractivity contribution < 1.29 is 4.79 Å². The van der Waals surface area contributed by atoms with Gasteiger partial charge >= 0.3 is 0 Å². The molecule has 0 bridgehead atoms. The van der Waals surface area contributed by atoms with Gasteiger partial charge in [0.25, 0.3) is 0 Å². The molecule has 0 unspecified atom stereocenters. The molecule has 6 nitrogen and oxygen atoms in total. The summed E-state index contributed by atoms with van der Waals surface area (Å²) in [5.74, 6) is 0.345. The highest BCUT2D eigenvalue weighted by molar-refractivity contribution is 5.78. The Morgan fingerprint density at radius 2 is 2.17 bits per heavy atom. The smallest absolute Gasteiger partial charge is 0.226 e. The molecule has 3 aromatic heterocycles. The van der Waals surface area contributed by atoms with E-state index in [0.717, 1.165) is 23.4 Å². The van der Waals surface area contributed by atoms with Crippen LogP contribution in [0.4, 0.5) is 0 Å². The summed E-state index contributed by atoms with van der Waals surface area (Å²) in [6, 6.07) is 4.06. The SMILES string of the molecule is Cc1cccn2c(CC(=O)N[C@@H](Cn3ccnc3)C(C)C)cnc12. The van der Waals surface area contributed by atoms with Crippen LogP contribution >= 0.6 is 0 Å². The maximum atomic E-state index is 12.5. The number of carbonyl (C=O) groups excluding carboxylic acids is 1. The number of rotatable bonds is 6. The quantitative estimate of drug-likeness (QED) is 0.756. The highest BCUT2D eigenvalue weighted by atomic mass is 16.1. The summed E-state index contributed by atoms with van der Waals surface area (Å²) >= 11 is 0. The largest absolute Gasteiger partial charge is 0.351 e. The number of hydrogen-bond acceptors (Lipinski definition) is 3. The van der Waals surface area contributed by atoms with Crippen LogP contribution < -0.4 is 5.32 Å². The molecule has 6 heteroatoms. The zero-order valence-corrected chi connectivity index (χ0v) is 14.3. The first kappa shape index (κ1) is 16.2. The highest BCUT2D eigenvalue weighted by Crippen LogP contribution is 2.12. The van der Waals surface area contributed by atoms with Crippen LogP contribution in [0, 0.1) is 12.8 Å². The third-order valence-electron chi connectivity index (χ3n) is 4.27. The van der Waals surface area contributed by atoms with Crippen LogP contribution in [0.3, 0.4) is 0 Å². The Bertz CT molecular complexity index is 819. The predicted molar refractivity (Wildman–Crippen MR) is 92.6 cm³/mol. The van der Waals surface area contributed by atoms with Gasteiger partial charge in [0.2, 0.25) is 5.91 Å². The molecule has 0 aliphatic rings. The second-order valence-corrected chi connectivity index (χ2v) is 6.49. The van der Waals surface area contributed by atoms with Crippen LogP contribution in [0.2, 0.25) is 0 Å². The lowest BCUT2D eigenvalue weighted by Crippen LogP contribution is -2.42. The first-order valence-corrected chi connectivity index (χ1v) is 8.21. The molecule has 0 aliphatic carbocycles. The van der Waals surface area contributed by atoms with Gasteiger partial charge in [-0.15, -0.1) is 0 Å². The minimum absolute atomic E-state index is 0.0112. The first-order valence-electron chi connectivity index (χ1n) is 8.21. The summed E-state index contributed by atoms with van der Waals surface area (Å²) in [5, 5.41) is 3.14. The van der Waals surface area contributed by atoms with E-state index in [9.17, 15) is 4.79 Å². The van der Waals surface area contributed by atoms with Crippen LogP contribution in [0.25, 0.3) is 5.65 Å². The van der Waals surface area contributed by atoms with Gasteiger partial charge in [-0.05, 0) is 24.5 Å². The van der Waals surface area contributed by atoms with E-state index in [1.54, 1.807) is 18.7 Å². The molecule has 0 aromatic carbocycles. The van der Waals surface area contributed by atoms with E-state index in [4.69, 9.17) is 0 Å². The van der Waals surface area contributed by atoms with Crippen molar-refractivity contribution in [3.05, 3.63) is 54.5 Å². The van der Waals surface area contributed by atoms with E-state index in [1.807, 2.05) is 40.4 Å². The number of nitrogens with one attached hydrogen (secondary N) is 1. The summed E-state index contributed by atoms with van der Waals surface area (Å²) in [5.41, 5.74) is 2.90. The normalized spacial score (nSPS) is 12.7. The minimum Gasteiger partial charge on any atom is -0.351 e. The Hall–Kier alpha value is -2.63. The Morgan fingerprint density at radius 1 is 1.33 bits per heavy atom. The fraction of sp³-hybridized carbons (Fsp3) is 0.389. The van der Waals surface area contributed by atoms with Crippen molar-refractivity contribution in [3.63, 3.8) is 0 Å². The number of carbonyl (C=O) groups is 1. The number of aromatic nitrogens is 4. The molecule has 3 aromatic rings. The molecule has 0 spiro atoms. The molecule has 0 radical (unpaired) electrons. The number of aryl methyl sites for hydroxylation is 1. The summed E-state index contributed by atoms with van der Waals surface area (Å²) in [4.78, 5) is 21.0. The fourth-order valence-electron chi connectivity index (χ4n) is 2.80. The maximum absolute atomic E-state index is 12.5. The molecule has 0 fully saturated rings. The lowest BCUT2D eigenvalue weighted by Gasteiger charge is -2.22. The van der Waals surface area contributed by atoms with Gasteiger partial charge in [0, 0.05) is 37.4 Å². The van der Waals surface area contributed by atoms with Crippen LogP contribution in [0.15, 0.2) is 43.2 Å². The molecule has 24 heavy (non-hydrogen) atoms. The lowest BCUT2D eigenvalue weighted by atomic mass is 10.0. The van der Waals surface area contributed by atoms with Gasteiger partial charge in [-0.1, -0.05) is 19.9 Å². The third-order valence-corrected chi connectivity index (χ3v) is 4.27. The van der Waals surface area contributed by atoms with Gasteiger partial charge in [0.05, 0.1) is 18.4 Å². The molecule has 3 rings (SSSR count). The summed E-state index contributed by atoms with van der Waals surface area (Å²) in [6.45, 7) is 6.96. The van der Waals surface area contributed by atoms with Gasteiger partial charge in [-0.2, -0.15) is 0 Å². The Morgan fingerprint density at radius 3 is 2.88 bits per heavy atom. The first-order chi connectivity index (χ1) is 11.5. The number of hydrogen-bond donors (Lipinski definition) is 1. The van der Waals surface area contributed by atoms with Crippen LogP contribution in [0.5, 0.6) is 0 Å². The van der Waals surface area contributed by atoms with Crippen molar-refractivity contribution in [2.75, 3.05) is 0 Å². The van der Waals surface area contributed by atoms with Crippen molar-refractivity contribution in [2.45, 2.75) is 39.8 Å². The molecule has 1 N–H and O–H groups in total. The number of pyridine rings is 1. The van der Waals surface area contributed by atoms with E-state index >= 15 is 0 Å². The van der Waals surface area contributed by atoms with Gasteiger partial charge in [0.15, 0.2) is 0 Å². The summed E-state index contributed by atoms with van der Waals surface area (Å²) in [7, 11) is 0. The highest BCUT2D eigenvalue weighted by Gasteiger charge is 2.18. The van der Waals surface area contributed by atoms with Crippen molar-refractivity contribution in [3.8, 4) is 0 Å². The molecular formula is C18H23N5O. The number of imidazole rings is 2. The Kier molecular flexibility index (Phi) is 4.64. The lowest BCUT2D eigenvalue weighted by molar-refractivity contribution is -0.121. The zero-order chi connectivity index (χ0) is 17.1. The van der Waals surface area contributed by atoms with Crippen LogP contribution in [-0.2, 0) is 17.8 Å². The van der Waals surface area contributed by atoms with Crippen molar-refractivity contribution in [1.29, 1.82) is 0 Å².